The van der Waals surface area contributed by atoms with E-state index in [4.69, 9.17) is 5.26 Å². The molecule has 0 fully saturated rings. The summed E-state index contributed by atoms with van der Waals surface area (Å²) >= 11 is 0. The molecule has 0 amide bonds. The molecule has 0 spiro atoms. The molecular weight excluding hydrogens is 325 g/mol. The summed E-state index contributed by atoms with van der Waals surface area (Å²) in [4.78, 5) is 10.00. The summed E-state index contributed by atoms with van der Waals surface area (Å²) in [6.45, 7) is 0. The van der Waals surface area contributed by atoms with Crippen LogP contribution in [0, 0.1) is 21.4 Å². The van der Waals surface area contributed by atoms with Gasteiger partial charge >= 0.3 is 6.18 Å². The molecule has 122 valence electrons. The van der Waals surface area contributed by atoms with Gasteiger partial charge in [-0.1, -0.05) is 12.1 Å². The Hall–Kier alpha value is -3.41. The molecule has 2 aromatic carbocycles. The molecule has 0 heterocycles. The molecule has 9 heteroatoms. The number of nitrogens with one attached hydrogen (secondary N) is 1. The number of anilines is 1. The van der Waals surface area contributed by atoms with Crippen LogP contribution >= 0.6 is 0 Å². The largest absolute Gasteiger partial charge is 0.416 e. The Kier molecular flexibility index (Phi) is 4.79. The molecule has 2 rings (SSSR count). The van der Waals surface area contributed by atoms with Crippen molar-refractivity contribution in [2.45, 2.75) is 6.18 Å². The van der Waals surface area contributed by atoms with Crippen LogP contribution in [0.4, 0.5) is 24.5 Å². The number of rotatable bonds is 4. The van der Waals surface area contributed by atoms with Gasteiger partial charge in [0.05, 0.1) is 28.3 Å². The second kappa shape index (κ2) is 6.78. The first kappa shape index (κ1) is 17.0. The molecule has 0 radical (unpaired) electrons. The number of nitro benzene ring substituents is 1. The first-order valence-corrected chi connectivity index (χ1v) is 6.46. The third-order valence-electron chi connectivity index (χ3n) is 2.96. The molecule has 0 aliphatic carbocycles. The Bertz CT molecular complexity index is 824. The van der Waals surface area contributed by atoms with Crippen molar-refractivity contribution in [2.24, 2.45) is 5.10 Å². The van der Waals surface area contributed by atoms with Crippen molar-refractivity contribution in [3.8, 4) is 6.07 Å². The summed E-state index contributed by atoms with van der Waals surface area (Å²) in [6.07, 6.45) is -3.35. The van der Waals surface area contributed by atoms with Crippen LogP contribution in [0.25, 0.3) is 0 Å². The molecule has 1 N–H and O–H groups in total. The average molecular weight is 334 g/mol. The van der Waals surface area contributed by atoms with E-state index in [9.17, 15) is 23.3 Å². The molecule has 0 aromatic heterocycles. The first-order valence-electron chi connectivity index (χ1n) is 6.46. The van der Waals surface area contributed by atoms with Gasteiger partial charge in [0.15, 0.2) is 0 Å². The highest BCUT2D eigenvalue weighted by Gasteiger charge is 2.33. The number of hydrogen-bond acceptors (Lipinski definition) is 5. The smallest absolute Gasteiger partial charge is 0.272 e. The zero-order chi connectivity index (χ0) is 17.7. The standard InChI is InChI=1S/C15H9F3N4O2/c16-15(17,18)12-5-6-13(14(7-12)22(23)24)21-20-9-11-3-1-10(8-19)2-4-11/h1-7,9,21H/b20-9-. The second-order valence-corrected chi connectivity index (χ2v) is 4.59. The van der Waals surface area contributed by atoms with Gasteiger partial charge in [-0.2, -0.15) is 23.5 Å². The van der Waals surface area contributed by atoms with Gasteiger partial charge in [0.1, 0.15) is 5.69 Å². The van der Waals surface area contributed by atoms with Gasteiger partial charge in [-0.15, -0.1) is 0 Å². The van der Waals surface area contributed by atoms with E-state index in [1.54, 1.807) is 24.3 Å². The van der Waals surface area contributed by atoms with E-state index in [0.29, 0.717) is 17.2 Å². The molecular formula is C15H9F3N4O2. The summed E-state index contributed by atoms with van der Waals surface area (Å²) in [6, 6.07) is 10.4. The topological polar surface area (TPSA) is 91.3 Å². The van der Waals surface area contributed by atoms with Crippen LogP contribution in [0.5, 0.6) is 0 Å². The number of hydrazone groups is 1. The van der Waals surface area contributed by atoms with E-state index in [-0.39, 0.29) is 5.69 Å². The van der Waals surface area contributed by atoms with Crippen molar-refractivity contribution < 1.29 is 18.1 Å². The zero-order valence-electron chi connectivity index (χ0n) is 11.9. The minimum Gasteiger partial charge on any atom is -0.272 e. The molecule has 24 heavy (non-hydrogen) atoms. The molecule has 0 atom stereocenters. The van der Waals surface area contributed by atoms with E-state index in [0.717, 1.165) is 12.1 Å². The molecule has 0 unspecified atom stereocenters. The van der Waals surface area contributed by atoms with Crippen LogP contribution in [-0.2, 0) is 6.18 Å². The lowest BCUT2D eigenvalue weighted by molar-refractivity contribution is -0.384. The van der Waals surface area contributed by atoms with Gasteiger partial charge in [-0.3, -0.25) is 15.5 Å². The Morgan fingerprint density at radius 1 is 1.21 bits per heavy atom. The normalized spacial score (nSPS) is 11.2. The Labute approximate surface area is 134 Å². The average Bonchev–Trinajstić information content (AvgIpc) is 2.54. The van der Waals surface area contributed by atoms with E-state index in [2.05, 4.69) is 10.5 Å². The lowest BCUT2D eigenvalue weighted by atomic mass is 10.1. The van der Waals surface area contributed by atoms with E-state index < -0.39 is 22.4 Å². The zero-order valence-corrected chi connectivity index (χ0v) is 11.9. The fraction of sp³-hybridized carbons (Fsp3) is 0.0667. The maximum absolute atomic E-state index is 12.6. The maximum atomic E-state index is 12.6. The van der Waals surface area contributed by atoms with E-state index in [1.165, 1.54) is 6.21 Å². The van der Waals surface area contributed by atoms with Gasteiger partial charge in [0, 0.05) is 6.07 Å². The highest BCUT2D eigenvalue weighted by molar-refractivity contribution is 5.80. The van der Waals surface area contributed by atoms with E-state index in [1.807, 2.05) is 6.07 Å². The quantitative estimate of drug-likeness (QED) is 0.521. The SMILES string of the molecule is N#Cc1ccc(/C=N\Nc2ccc(C(F)(F)F)cc2[N+](=O)[O-])cc1. The number of nitrogens with zero attached hydrogens (tertiary/aromatic N) is 3. The second-order valence-electron chi connectivity index (χ2n) is 4.59. The van der Waals surface area contributed by atoms with Crippen molar-refractivity contribution in [1.29, 1.82) is 5.26 Å². The van der Waals surface area contributed by atoms with Gasteiger partial charge in [0.2, 0.25) is 0 Å². The summed E-state index contributed by atoms with van der Waals surface area (Å²) < 4.78 is 37.8. The predicted molar refractivity (Wildman–Crippen MR) is 80.5 cm³/mol. The highest BCUT2D eigenvalue weighted by Crippen LogP contribution is 2.34. The summed E-state index contributed by atoms with van der Waals surface area (Å²) in [5, 5.41) is 23.4. The highest BCUT2D eigenvalue weighted by atomic mass is 19.4. The van der Waals surface area contributed by atoms with Gasteiger partial charge in [0.25, 0.3) is 5.69 Å². The third-order valence-corrected chi connectivity index (χ3v) is 2.96. The van der Waals surface area contributed by atoms with Crippen LogP contribution in [0.1, 0.15) is 16.7 Å². The minimum absolute atomic E-state index is 0.169. The number of nitro groups is 1. The fourth-order valence-corrected chi connectivity index (χ4v) is 1.77. The van der Waals surface area contributed by atoms with Crippen molar-refractivity contribution in [3.63, 3.8) is 0 Å². The molecule has 0 saturated heterocycles. The predicted octanol–water partition coefficient (Wildman–Crippen LogP) is 3.93. The molecule has 2 aromatic rings. The first-order chi connectivity index (χ1) is 11.3. The van der Waals surface area contributed by atoms with Gasteiger partial charge < -0.3 is 0 Å². The van der Waals surface area contributed by atoms with Crippen molar-refractivity contribution in [3.05, 3.63) is 69.3 Å². The summed E-state index contributed by atoms with van der Waals surface area (Å²) in [7, 11) is 0. The van der Waals surface area contributed by atoms with Crippen LogP contribution in [-0.4, -0.2) is 11.1 Å². The molecule has 0 aliphatic rings. The van der Waals surface area contributed by atoms with Gasteiger partial charge in [-0.25, -0.2) is 0 Å². The van der Waals surface area contributed by atoms with Crippen LogP contribution in [0.15, 0.2) is 47.6 Å². The van der Waals surface area contributed by atoms with Crippen molar-refractivity contribution in [1.82, 2.24) is 0 Å². The lowest BCUT2D eigenvalue weighted by Crippen LogP contribution is -2.06. The van der Waals surface area contributed by atoms with Crippen molar-refractivity contribution >= 4 is 17.6 Å². The number of nitriles is 1. The fourth-order valence-electron chi connectivity index (χ4n) is 1.77. The Morgan fingerprint density at radius 3 is 2.42 bits per heavy atom. The summed E-state index contributed by atoms with van der Waals surface area (Å²) in [5.41, 5.74) is 1.39. The van der Waals surface area contributed by atoms with Crippen LogP contribution < -0.4 is 5.43 Å². The maximum Gasteiger partial charge on any atom is 0.416 e. The van der Waals surface area contributed by atoms with Crippen LogP contribution in [0.2, 0.25) is 0 Å². The number of halogens is 3. The number of benzene rings is 2. The lowest BCUT2D eigenvalue weighted by Gasteiger charge is -2.08. The van der Waals surface area contributed by atoms with Crippen molar-refractivity contribution in [2.75, 3.05) is 5.43 Å². The Balaban J connectivity index is 2.21. The molecule has 0 bridgehead atoms. The van der Waals surface area contributed by atoms with Crippen LogP contribution in [0.3, 0.4) is 0 Å². The van der Waals surface area contributed by atoms with E-state index >= 15 is 0 Å². The molecule has 0 saturated carbocycles. The molecule has 0 aliphatic heterocycles. The Morgan fingerprint density at radius 2 is 1.88 bits per heavy atom. The number of alkyl halides is 3. The number of hydrogen-bond donors (Lipinski definition) is 1. The summed E-state index contributed by atoms with van der Waals surface area (Å²) in [5.74, 6) is 0. The molecule has 6 nitrogen and oxygen atoms in total. The third kappa shape index (κ3) is 4.07. The minimum atomic E-state index is -4.67. The monoisotopic (exact) mass is 334 g/mol. The van der Waals surface area contributed by atoms with Gasteiger partial charge in [-0.05, 0) is 29.8 Å².